The van der Waals surface area contributed by atoms with Gasteiger partial charge in [-0.15, -0.1) is 0 Å². The molecule has 1 aromatic carbocycles. The molecule has 0 radical (unpaired) electrons. The van der Waals surface area contributed by atoms with Crippen LogP contribution in [0, 0.1) is 0 Å². The van der Waals surface area contributed by atoms with E-state index in [0.29, 0.717) is 19.8 Å². The first-order valence-corrected chi connectivity index (χ1v) is 7.25. The Morgan fingerprint density at radius 3 is 2.86 bits per heavy atom. The van der Waals surface area contributed by atoms with Crippen LogP contribution >= 0.6 is 0 Å². The number of carbonyl (C=O) groups is 1. The number of benzene rings is 1. The third-order valence-electron chi connectivity index (χ3n) is 4.38. The molecule has 1 fully saturated rings. The first kappa shape index (κ1) is 14.3. The maximum Gasteiger partial charge on any atom is 0.309 e. The summed E-state index contributed by atoms with van der Waals surface area (Å²) in [5.74, 6) is -0.233. The topological polar surface area (TPSA) is 44.8 Å². The SMILES string of the molecule is C=C1COC2(CCOCC2)c2cccc(CC(=O)OC)c21. The van der Waals surface area contributed by atoms with Crippen LogP contribution in [0.1, 0.15) is 29.5 Å². The second kappa shape index (κ2) is 5.62. The van der Waals surface area contributed by atoms with Crippen molar-refractivity contribution in [1.29, 1.82) is 0 Å². The molecule has 2 aliphatic rings. The normalized spacial score (nSPS) is 20.1. The van der Waals surface area contributed by atoms with Gasteiger partial charge in [0, 0.05) is 26.1 Å². The molecular formula is C17H20O4. The number of esters is 1. The second-order valence-electron chi connectivity index (χ2n) is 5.59. The van der Waals surface area contributed by atoms with Crippen molar-refractivity contribution < 1.29 is 19.0 Å². The van der Waals surface area contributed by atoms with Crippen LogP contribution in [0.4, 0.5) is 0 Å². The highest BCUT2D eigenvalue weighted by Crippen LogP contribution is 2.44. The van der Waals surface area contributed by atoms with E-state index in [0.717, 1.165) is 35.1 Å². The Morgan fingerprint density at radius 1 is 1.38 bits per heavy atom. The van der Waals surface area contributed by atoms with E-state index in [1.165, 1.54) is 7.11 Å². The van der Waals surface area contributed by atoms with Crippen molar-refractivity contribution in [3.8, 4) is 0 Å². The fourth-order valence-corrected chi connectivity index (χ4v) is 3.26. The molecule has 112 valence electrons. The average molecular weight is 288 g/mol. The maximum absolute atomic E-state index is 11.6. The lowest BCUT2D eigenvalue weighted by atomic mass is 9.77. The van der Waals surface area contributed by atoms with E-state index in [9.17, 15) is 4.79 Å². The highest BCUT2D eigenvalue weighted by Gasteiger charge is 2.41. The van der Waals surface area contributed by atoms with E-state index in [1.807, 2.05) is 12.1 Å². The van der Waals surface area contributed by atoms with Gasteiger partial charge in [-0.1, -0.05) is 24.8 Å². The summed E-state index contributed by atoms with van der Waals surface area (Å²) >= 11 is 0. The molecule has 0 N–H and O–H groups in total. The Balaban J connectivity index is 2.06. The summed E-state index contributed by atoms with van der Waals surface area (Å²) in [5, 5.41) is 0. The molecule has 0 bridgehead atoms. The Labute approximate surface area is 124 Å². The van der Waals surface area contributed by atoms with Gasteiger partial charge in [-0.2, -0.15) is 0 Å². The summed E-state index contributed by atoms with van der Waals surface area (Å²) in [4.78, 5) is 11.6. The van der Waals surface area contributed by atoms with E-state index in [1.54, 1.807) is 0 Å². The lowest BCUT2D eigenvalue weighted by molar-refractivity contribution is -0.139. The molecule has 0 aliphatic carbocycles. The summed E-state index contributed by atoms with van der Waals surface area (Å²) < 4.78 is 16.4. The molecule has 21 heavy (non-hydrogen) atoms. The molecule has 0 amide bonds. The van der Waals surface area contributed by atoms with Crippen molar-refractivity contribution in [2.24, 2.45) is 0 Å². The van der Waals surface area contributed by atoms with E-state index in [2.05, 4.69) is 12.6 Å². The van der Waals surface area contributed by atoms with Crippen LogP contribution in [0.5, 0.6) is 0 Å². The summed E-state index contributed by atoms with van der Waals surface area (Å²) in [6.45, 7) is 6.03. The number of methoxy groups -OCH3 is 1. The van der Waals surface area contributed by atoms with Crippen LogP contribution in [0.25, 0.3) is 5.57 Å². The Kier molecular flexibility index (Phi) is 3.83. The van der Waals surface area contributed by atoms with Crippen LogP contribution in [0.3, 0.4) is 0 Å². The van der Waals surface area contributed by atoms with Gasteiger partial charge in [-0.25, -0.2) is 0 Å². The largest absolute Gasteiger partial charge is 0.469 e. The zero-order valence-corrected chi connectivity index (χ0v) is 12.3. The minimum Gasteiger partial charge on any atom is -0.469 e. The number of rotatable bonds is 2. The fourth-order valence-electron chi connectivity index (χ4n) is 3.26. The van der Waals surface area contributed by atoms with E-state index in [-0.39, 0.29) is 18.0 Å². The number of ether oxygens (including phenoxy) is 3. The summed E-state index contributed by atoms with van der Waals surface area (Å²) in [6, 6.07) is 6.04. The summed E-state index contributed by atoms with van der Waals surface area (Å²) in [6.07, 6.45) is 1.95. The third-order valence-corrected chi connectivity index (χ3v) is 4.38. The molecule has 4 nitrogen and oxygen atoms in total. The zero-order valence-electron chi connectivity index (χ0n) is 12.3. The van der Waals surface area contributed by atoms with Crippen LogP contribution in [0.2, 0.25) is 0 Å². The molecule has 2 aliphatic heterocycles. The number of hydrogen-bond acceptors (Lipinski definition) is 4. The summed E-state index contributed by atoms with van der Waals surface area (Å²) in [7, 11) is 1.41. The van der Waals surface area contributed by atoms with Crippen molar-refractivity contribution in [3.63, 3.8) is 0 Å². The molecule has 4 heteroatoms. The minimum absolute atomic E-state index is 0.233. The molecule has 3 rings (SSSR count). The molecule has 0 unspecified atom stereocenters. The van der Waals surface area contributed by atoms with Crippen molar-refractivity contribution in [2.75, 3.05) is 26.9 Å². The van der Waals surface area contributed by atoms with E-state index >= 15 is 0 Å². The molecule has 0 aromatic heterocycles. The molecule has 1 aromatic rings. The molecule has 1 spiro atoms. The number of fused-ring (bicyclic) bond motifs is 2. The first-order valence-electron chi connectivity index (χ1n) is 7.25. The standard InChI is InChI=1S/C17H20O4/c1-12-11-21-17(6-8-20-9-7-17)14-5-3-4-13(16(12)14)10-15(18)19-2/h3-5H,1,6-11H2,2H3. The van der Waals surface area contributed by atoms with E-state index in [4.69, 9.17) is 14.2 Å². The van der Waals surface area contributed by atoms with Gasteiger partial charge in [0.1, 0.15) is 0 Å². The van der Waals surface area contributed by atoms with Crippen LogP contribution in [0.15, 0.2) is 24.8 Å². The van der Waals surface area contributed by atoms with Gasteiger partial charge in [0.2, 0.25) is 0 Å². The highest BCUT2D eigenvalue weighted by atomic mass is 16.5. The quantitative estimate of drug-likeness (QED) is 0.784. The van der Waals surface area contributed by atoms with Crippen molar-refractivity contribution >= 4 is 11.5 Å². The van der Waals surface area contributed by atoms with Crippen LogP contribution < -0.4 is 0 Å². The van der Waals surface area contributed by atoms with Gasteiger partial charge in [-0.3, -0.25) is 4.79 Å². The van der Waals surface area contributed by atoms with Crippen molar-refractivity contribution in [3.05, 3.63) is 41.5 Å². The molecule has 1 saturated heterocycles. The predicted octanol–water partition coefficient (Wildman–Crippen LogP) is 2.45. The predicted molar refractivity (Wildman–Crippen MR) is 78.9 cm³/mol. The maximum atomic E-state index is 11.6. The lowest BCUT2D eigenvalue weighted by Crippen LogP contribution is -2.40. The van der Waals surface area contributed by atoms with Gasteiger partial charge < -0.3 is 14.2 Å². The number of hydrogen-bond donors (Lipinski definition) is 0. The van der Waals surface area contributed by atoms with Crippen LogP contribution in [-0.2, 0) is 31.0 Å². The molecule has 0 atom stereocenters. The van der Waals surface area contributed by atoms with Gasteiger partial charge in [0.05, 0.1) is 25.7 Å². The van der Waals surface area contributed by atoms with Crippen molar-refractivity contribution in [2.45, 2.75) is 24.9 Å². The highest BCUT2D eigenvalue weighted by molar-refractivity contribution is 5.79. The minimum atomic E-state index is -0.291. The lowest BCUT2D eigenvalue weighted by Gasteiger charge is -2.43. The van der Waals surface area contributed by atoms with Crippen molar-refractivity contribution in [1.82, 2.24) is 0 Å². The smallest absolute Gasteiger partial charge is 0.309 e. The van der Waals surface area contributed by atoms with Gasteiger partial charge in [0.15, 0.2) is 0 Å². The van der Waals surface area contributed by atoms with Gasteiger partial charge in [0.25, 0.3) is 0 Å². The zero-order chi connectivity index (χ0) is 14.9. The fraction of sp³-hybridized carbons (Fsp3) is 0.471. The molecule has 0 saturated carbocycles. The van der Waals surface area contributed by atoms with E-state index < -0.39 is 0 Å². The van der Waals surface area contributed by atoms with Crippen LogP contribution in [-0.4, -0.2) is 32.9 Å². The van der Waals surface area contributed by atoms with Gasteiger partial charge >= 0.3 is 5.97 Å². The van der Waals surface area contributed by atoms with Gasteiger partial charge in [-0.05, 0) is 22.3 Å². The Bertz CT molecular complexity index is 570. The number of carbonyl (C=O) groups excluding carboxylic acids is 1. The molecule has 2 heterocycles. The Hall–Kier alpha value is -1.65. The summed E-state index contributed by atoms with van der Waals surface area (Å²) in [5.41, 5.74) is 3.83. The molecular weight excluding hydrogens is 268 g/mol. The second-order valence-corrected chi connectivity index (χ2v) is 5.59. The average Bonchev–Trinajstić information content (AvgIpc) is 2.52. The first-order chi connectivity index (χ1) is 10.2. The Morgan fingerprint density at radius 2 is 2.14 bits per heavy atom. The third kappa shape index (κ3) is 2.49. The monoisotopic (exact) mass is 288 g/mol.